The molecule has 166 valence electrons. The van der Waals surface area contributed by atoms with Gasteiger partial charge in [0.1, 0.15) is 23.6 Å². The molecule has 2 aliphatic rings. The van der Waals surface area contributed by atoms with E-state index < -0.39 is 0 Å². The fourth-order valence-electron chi connectivity index (χ4n) is 4.32. The van der Waals surface area contributed by atoms with Gasteiger partial charge in [-0.2, -0.15) is 0 Å². The molecule has 6 rings (SSSR count). The van der Waals surface area contributed by atoms with Crippen molar-refractivity contribution in [1.82, 2.24) is 19.4 Å². The number of imidazole rings is 1. The van der Waals surface area contributed by atoms with E-state index in [4.69, 9.17) is 11.6 Å². The number of nitrogens with one attached hydrogen (secondary N) is 2. The maximum absolute atomic E-state index is 12.7. The highest BCUT2D eigenvalue weighted by atomic mass is 35.5. The molecule has 0 saturated heterocycles. The van der Waals surface area contributed by atoms with E-state index in [2.05, 4.69) is 48.3 Å². The number of hydrogen-bond acceptors (Lipinski definition) is 5. The second-order valence-corrected chi connectivity index (χ2v) is 9.31. The van der Waals surface area contributed by atoms with Gasteiger partial charge in [0, 0.05) is 29.4 Å². The van der Waals surface area contributed by atoms with E-state index in [0.29, 0.717) is 29.1 Å². The lowest BCUT2D eigenvalue weighted by Crippen LogP contribution is -2.16. The third-order valence-corrected chi connectivity index (χ3v) is 6.58. The van der Waals surface area contributed by atoms with Gasteiger partial charge in [-0.1, -0.05) is 29.8 Å². The lowest BCUT2D eigenvalue weighted by Gasteiger charge is -2.07. The quantitative estimate of drug-likeness (QED) is 0.406. The summed E-state index contributed by atoms with van der Waals surface area (Å²) in [5.74, 6) is 1.95. The zero-order valence-corrected chi connectivity index (χ0v) is 18.7. The molecule has 2 atom stereocenters. The molecule has 7 nitrogen and oxygen atoms in total. The maximum atomic E-state index is 12.7. The van der Waals surface area contributed by atoms with Crippen molar-refractivity contribution in [3.05, 3.63) is 83.0 Å². The predicted molar refractivity (Wildman–Crippen MR) is 127 cm³/mol. The number of carbonyl (C=O) groups is 1. The first-order valence-corrected chi connectivity index (χ1v) is 11.6. The van der Waals surface area contributed by atoms with Gasteiger partial charge in [0.05, 0.1) is 12.2 Å². The molecule has 3 heterocycles. The van der Waals surface area contributed by atoms with Gasteiger partial charge in [0.15, 0.2) is 0 Å². The molecule has 1 aromatic carbocycles. The fraction of sp³-hybridized carbons (Fsp3) is 0.280. The number of pyridine rings is 1. The topological polar surface area (TPSA) is 84.2 Å². The number of halogens is 1. The lowest BCUT2D eigenvalue weighted by molar-refractivity contribution is -0.117. The van der Waals surface area contributed by atoms with Crippen molar-refractivity contribution in [2.24, 2.45) is 5.92 Å². The van der Waals surface area contributed by atoms with Gasteiger partial charge in [0.2, 0.25) is 5.91 Å². The highest BCUT2D eigenvalue weighted by Gasteiger charge is 2.44. The zero-order chi connectivity index (χ0) is 22.4. The van der Waals surface area contributed by atoms with Gasteiger partial charge in [-0.05, 0) is 60.4 Å². The van der Waals surface area contributed by atoms with Crippen LogP contribution < -0.4 is 10.6 Å². The number of amides is 1. The predicted octanol–water partition coefficient (Wildman–Crippen LogP) is 5.01. The minimum atomic E-state index is -0.0617. The lowest BCUT2D eigenvalue weighted by atomic mass is 10.1. The number of fused-ring (bicyclic) bond motifs is 1. The normalized spacial score (nSPS) is 19.4. The number of aromatic nitrogens is 4. The summed E-state index contributed by atoms with van der Waals surface area (Å²) < 4.78 is 2.09. The van der Waals surface area contributed by atoms with Gasteiger partial charge >= 0.3 is 0 Å². The van der Waals surface area contributed by atoms with Crippen molar-refractivity contribution in [3.63, 3.8) is 0 Å². The zero-order valence-electron chi connectivity index (χ0n) is 17.9. The molecule has 2 saturated carbocycles. The van der Waals surface area contributed by atoms with E-state index in [1.807, 2.05) is 30.5 Å². The van der Waals surface area contributed by atoms with Crippen LogP contribution >= 0.6 is 11.6 Å². The van der Waals surface area contributed by atoms with Crippen LogP contribution in [0.3, 0.4) is 0 Å². The summed E-state index contributed by atoms with van der Waals surface area (Å²) in [7, 11) is 0. The van der Waals surface area contributed by atoms with Crippen molar-refractivity contribution in [1.29, 1.82) is 0 Å². The SMILES string of the molecule is O=C(Nc1cc(NCc2cn3cc(C4CC4)ccc3n2)ncn1)[C@H]1CC1c1cccc(Cl)c1. The Bertz CT molecular complexity index is 1350. The standard InChI is InChI=1S/C25H23ClN6O/c26-18-3-1-2-16(8-18)20-9-21(20)25(33)31-23-10-22(28-14-29-23)27-11-19-13-32-12-17(15-4-5-15)6-7-24(32)30-19/h1-3,6-8,10,12-15,20-21H,4-5,9,11H2,(H2,27,28,29,31,33)/t20?,21-/m0/s1. The van der Waals surface area contributed by atoms with Crippen molar-refractivity contribution in [3.8, 4) is 0 Å². The van der Waals surface area contributed by atoms with Crippen LogP contribution in [-0.4, -0.2) is 25.3 Å². The Morgan fingerprint density at radius 3 is 2.79 bits per heavy atom. The summed E-state index contributed by atoms with van der Waals surface area (Å²) in [4.78, 5) is 25.8. The molecule has 0 radical (unpaired) electrons. The van der Waals surface area contributed by atoms with E-state index in [1.54, 1.807) is 6.07 Å². The summed E-state index contributed by atoms with van der Waals surface area (Å²) in [6.07, 6.45) is 9.05. The molecule has 2 aliphatic carbocycles. The van der Waals surface area contributed by atoms with Crippen LogP contribution in [0.1, 0.15) is 47.9 Å². The monoisotopic (exact) mass is 458 g/mol. The number of carbonyl (C=O) groups excluding carboxylic acids is 1. The Morgan fingerprint density at radius 1 is 1.06 bits per heavy atom. The summed E-state index contributed by atoms with van der Waals surface area (Å²) in [5.41, 5.74) is 4.34. The highest BCUT2D eigenvalue weighted by Crippen LogP contribution is 2.48. The van der Waals surface area contributed by atoms with Gasteiger partial charge < -0.3 is 15.0 Å². The second kappa shape index (κ2) is 8.15. The Hall–Kier alpha value is -3.45. The average Bonchev–Trinajstić information content (AvgIpc) is 3.74. The largest absolute Gasteiger partial charge is 0.364 e. The molecular weight excluding hydrogens is 436 g/mol. The second-order valence-electron chi connectivity index (χ2n) is 8.87. The maximum Gasteiger partial charge on any atom is 0.229 e. The first kappa shape index (κ1) is 20.2. The van der Waals surface area contributed by atoms with Crippen LogP contribution in [0, 0.1) is 5.92 Å². The molecule has 0 bridgehead atoms. The van der Waals surface area contributed by atoms with Crippen LogP contribution in [0.15, 0.2) is 61.2 Å². The molecule has 4 aromatic rings. The average molecular weight is 459 g/mol. The molecule has 3 aromatic heterocycles. The third-order valence-electron chi connectivity index (χ3n) is 6.35. The molecule has 2 fully saturated rings. The molecule has 8 heteroatoms. The van der Waals surface area contributed by atoms with Crippen LogP contribution in [0.25, 0.3) is 5.65 Å². The molecule has 1 unspecified atom stereocenters. The Labute approximate surface area is 196 Å². The summed E-state index contributed by atoms with van der Waals surface area (Å²) in [6, 6.07) is 13.7. The number of nitrogens with zero attached hydrogens (tertiary/aromatic N) is 4. The first-order valence-electron chi connectivity index (χ1n) is 11.2. The summed E-state index contributed by atoms with van der Waals surface area (Å²) in [6.45, 7) is 0.532. The number of benzene rings is 1. The van der Waals surface area contributed by atoms with Gasteiger partial charge in [-0.3, -0.25) is 4.79 Å². The van der Waals surface area contributed by atoms with E-state index >= 15 is 0 Å². The van der Waals surface area contributed by atoms with Crippen LogP contribution in [0.5, 0.6) is 0 Å². The summed E-state index contributed by atoms with van der Waals surface area (Å²) >= 11 is 6.08. The van der Waals surface area contributed by atoms with Crippen LogP contribution in [0.4, 0.5) is 11.6 Å². The first-order chi connectivity index (χ1) is 16.1. The van der Waals surface area contributed by atoms with E-state index in [1.165, 1.54) is 24.7 Å². The molecule has 0 aliphatic heterocycles. The minimum absolute atomic E-state index is 0.0311. The minimum Gasteiger partial charge on any atom is -0.364 e. The van der Waals surface area contributed by atoms with Crippen molar-refractivity contribution in [2.45, 2.75) is 37.6 Å². The molecular formula is C25H23ClN6O. The van der Waals surface area contributed by atoms with Gasteiger partial charge in [-0.15, -0.1) is 0 Å². The Balaban J connectivity index is 1.08. The van der Waals surface area contributed by atoms with E-state index in [0.717, 1.165) is 23.3 Å². The number of hydrogen-bond donors (Lipinski definition) is 2. The van der Waals surface area contributed by atoms with Crippen molar-refractivity contribution >= 4 is 34.8 Å². The van der Waals surface area contributed by atoms with Crippen LogP contribution in [-0.2, 0) is 11.3 Å². The molecule has 33 heavy (non-hydrogen) atoms. The number of anilines is 2. The molecule has 2 N–H and O–H groups in total. The van der Waals surface area contributed by atoms with E-state index in [-0.39, 0.29) is 17.7 Å². The Kier molecular flexibility index (Phi) is 4.99. The van der Waals surface area contributed by atoms with Crippen molar-refractivity contribution < 1.29 is 4.79 Å². The fourth-order valence-corrected chi connectivity index (χ4v) is 4.52. The highest BCUT2D eigenvalue weighted by molar-refractivity contribution is 6.30. The van der Waals surface area contributed by atoms with Crippen LogP contribution in [0.2, 0.25) is 5.02 Å². The smallest absolute Gasteiger partial charge is 0.229 e. The Morgan fingerprint density at radius 2 is 1.94 bits per heavy atom. The third kappa shape index (κ3) is 4.41. The molecule has 0 spiro atoms. The molecule has 1 amide bonds. The summed E-state index contributed by atoms with van der Waals surface area (Å²) in [5, 5.41) is 6.89. The van der Waals surface area contributed by atoms with Gasteiger partial charge in [-0.25, -0.2) is 15.0 Å². The number of rotatable bonds is 7. The van der Waals surface area contributed by atoms with E-state index in [9.17, 15) is 4.79 Å². The van der Waals surface area contributed by atoms with Gasteiger partial charge in [0.25, 0.3) is 0 Å². The van der Waals surface area contributed by atoms with Crippen molar-refractivity contribution in [2.75, 3.05) is 10.6 Å².